The molecule has 0 fully saturated rings. The Hall–Kier alpha value is 0.354. The van der Waals surface area contributed by atoms with Crippen LogP contribution in [0.2, 0.25) is 39.3 Å². The summed E-state index contributed by atoms with van der Waals surface area (Å²) in [4.78, 5) is 0. The summed E-state index contributed by atoms with van der Waals surface area (Å²) >= 11 is 0. The first kappa shape index (κ1) is 15.4. The van der Waals surface area contributed by atoms with Crippen LogP contribution < -0.4 is 0 Å². The lowest BCUT2D eigenvalue weighted by Crippen LogP contribution is -2.55. The van der Waals surface area contributed by atoms with Gasteiger partial charge < -0.3 is 9.13 Å². The second-order valence-electron chi connectivity index (χ2n) is 6.68. The van der Waals surface area contributed by atoms with Crippen LogP contribution >= 0.6 is 0 Å². The molecule has 0 saturated heterocycles. The van der Waals surface area contributed by atoms with Crippen molar-refractivity contribution in [3.05, 3.63) is 0 Å². The van der Waals surface area contributed by atoms with Crippen molar-refractivity contribution in [1.82, 2.24) is 9.13 Å². The molecule has 0 radical (unpaired) electrons. The summed E-state index contributed by atoms with van der Waals surface area (Å²) in [6, 6.07) is 0.674. The maximum absolute atomic E-state index is 2.60. The molecule has 0 bridgehead atoms. The van der Waals surface area contributed by atoms with E-state index < -0.39 is 16.5 Å². The Balaban J connectivity index is 4.32. The van der Waals surface area contributed by atoms with E-state index in [1.165, 1.54) is 6.54 Å². The van der Waals surface area contributed by atoms with Gasteiger partial charge >= 0.3 is 0 Å². The molecule has 1 atom stereocenters. The molecule has 0 spiro atoms. The Morgan fingerprint density at radius 1 is 0.867 bits per heavy atom. The van der Waals surface area contributed by atoms with Gasteiger partial charge in [-0.3, -0.25) is 0 Å². The van der Waals surface area contributed by atoms with E-state index in [2.05, 4.69) is 69.4 Å². The van der Waals surface area contributed by atoms with Crippen LogP contribution in [0.5, 0.6) is 0 Å². The van der Waals surface area contributed by atoms with E-state index >= 15 is 0 Å². The first-order chi connectivity index (χ1) is 6.46. The zero-order valence-electron chi connectivity index (χ0n) is 12.2. The van der Waals surface area contributed by atoms with Gasteiger partial charge in [0.2, 0.25) is 0 Å². The molecular weight excluding hydrogens is 216 g/mol. The number of nitrogens with zero attached hydrogens (tertiary/aromatic N) is 2. The maximum Gasteiger partial charge on any atom is 0.119 e. The standard InChI is InChI=1S/C11H30N2Si2/c1-11(13(3)15(7,8)9)10-12(2)14(4,5)6/h11H,10H2,1-9H3. The second-order valence-corrected chi connectivity index (χ2v) is 16.8. The Kier molecular flexibility index (Phi) is 5.24. The summed E-state index contributed by atoms with van der Waals surface area (Å²) in [5.41, 5.74) is 0. The summed E-state index contributed by atoms with van der Waals surface area (Å²) in [5.74, 6) is 0. The topological polar surface area (TPSA) is 6.48 Å². The quantitative estimate of drug-likeness (QED) is 0.688. The fourth-order valence-corrected chi connectivity index (χ4v) is 3.67. The third-order valence-electron chi connectivity index (χ3n) is 3.40. The van der Waals surface area contributed by atoms with Gasteiger partial charge in [-0.1, -0.05) is 39.3 Å². The van der Waals surface area contributed by atoms with Crippen LogP contribution in [0.1, 0.15) is 6.92 Å². The Morgan fingerprint density at radius 3 is 1.53 bits per heavy atom. The number of likely N-dealkylation sites (N-methyl/N-ethyl adjacent to an activating group) is 2. The highest BCUT2D eigenvalue weighted by Gasteiger charge is 2.28. The van der Waals surface area contributed by atoms with Crippen molar-refractivity contribution in [2.75, 3.05) is 20.6 Å². The molecule has 2 nitrogen and oxygen atoms in total. The van der Waals surface area contributed by atoms with Crippen LogP contribution in [-0.2, 0) is 0 Å². The predicted molar refractivity (Wildman–Crippen MR) is 76.5 cm³/mol. The second kappa shape index (κ2) is 5.12. The largest absolute Gasteiger partial charge is 0.325 e. The molecule has 0 amide bonds. The molecule has 1 unspecified atom stereocenters. The van der Waals surface area contributed by atoms with Gasteiger partial charge in [-0.2, -0.15) is 0 Å². The zero-order valence-corrected chi connectivity index (χ0v) is 14.2. The molecule has 0 aromatic carbocycles. The number of rotatable bonds is 5. The summed E-state index contributed by atoms with van der Waals surface area (Å²) in [6.45, 7) is 18.0. The molecule has 0 rings (SSSR count). The molecule has 0 aromatic rings. The molecule has 4 heteroatoms. The van der Waals surface area contributed by atoms with Crippen LogP contribution in [0.3, 0.4) is 0 Å². The minimum atomic E-state index is -1.13. The fraction of sp³-hybridized carbons (Fsp3) is 1.00. The van der Waals surface area contributed by atoms with Crippen molar-refractivity contribution in [2.24, 2.45) is 0 Å². The monoisotopic (exact) mass is 246 g/mol. The zero-order chi connectivity index (χ0) is 12.4. The molecule has 0 heterocycles. The minimum Gasteiger partial charge on any atom is -0.325 e. The lowest BCUT2D eigenvalue weighted by Gasteiger charge is -2.40. The number of hydrogen-bond donors (Lipinski definition) is 0. The van der Waals surface area contributed by atoms with Crippen molar-refractivity contribution >= 4 is 16.5 Å². The molecule has 0 saturated carbocycles. The first-order valence-electron chi connectivity index (χ1n) is 5.90. The van der Waals surface area contributed by atoms with Gasteiger partial charge in [0.1, 0.15) is 16.5 Å². The van der Waals surface area contributed by atoms with E-state index in [1.807, 2.05) is 0 Å². The van der Waals surface area contributed by atoms with Gasteiger partial charge in [0.15, 0.2) is 0 Å². The van der Waals surface area contributed by atoms with Gasteiger partial charge in [-0.15, -0.1) is 0 Å². The highest BCUT2D eigenvalue weighted by Crippen LogP contribution is 2.14. The van der Waals surface area contributed by atoms with E-state index in [-0.39, 0.29) is 0 Å². The van der Waals surface area contributed by atoms with Crippen LogP contribution in [-0.4, -0.2) is 52.3 Å². The van der Waals surface area contributed by atoms with E-state index in [0.29, 0.717) is 6.04 Å². The molecule has 0 aromatic heterocycles. The van der Waals surface area contributed by atoms with Gasteiger partial charge in [-0.25, -0.2) is 0 Å². The van der Waals surface area contributed by atoms with Gasteiger partial charge in [0.05, 0.1) is 0 Å². The van der Waals surface area contributed by atoms with Crippen molar-refractivity contribution in [3.63, 3.8) is 0 Å². The Labute approximate surface area is 98.8 Å². The van der Waals surface area contributed by atoms with E-state index in [0.717, 1.165) is 0 Å². The van der Waals surface area contributed by atoms with E-state index in [9.17, 15) is 0 Å². The van der Waals surface area contributed by atoms with Crippen molar-refractivity contribution < 1.29 is 0 Å². The Bertz CT molecular complexity index is 194. The molecule has 15 heavy (non-hydrogen) atoms. The SMILES string of the molecule is CC(CN(C)[Si](C)(C)C)N(C)[Si](C)(C)C. The fourth-order valence-electron chi connectivity index (χ4n) is 1.45. The van der Waals surface area contributed by atoms with Crippen molar-refractivity contribution in [1.29, 1.82) is 0 Å². The molecule has 0 aliphatic carbocycles. The molecule has 0 aliphatic heterocycles. The van der Waals surface area contributed by atoms with Crippen LogP contribution in [0.25, 0.3) is 0 Å². The van der Waals surface area contributed by atoms with Gasteiger partial charge in [0, 0.05) is 12.6 Å². The highest BCUT2D eigenvalue weighted by molar-refractivity contribution is 6.73. The maximum atomic E-state index is 2.60. The smallest absolute Gasteiger partial charge is 0.119 e. The van der Waals surface area contributed by atoms with Crippen LogP contribution in [0.4, 0.5) is 0 Å². The van der Waals surface area contributed by atoms with Crippen molar-refractivity contribution in [2.45, 2.75) is 52.2 Å². The normalized spacial score (nSPS) is 16.2. The average Bonchev–Trinajstić information content (AvgIpc) is 1.99. The predicted octanol–water partition coefficient (Wildman–Crippen LogP) is 2.91. The van der Waals surface area contributed by atoms with Gasteiger partial charge in [-0.05, 0) is 21.0 Å². The number of hydrogen-bond acceptors (Lipinski definition) is 2. The Morgan fingerprint density at radius 2 is 1.27 bits per heavy atom. The molecule has 0 N–H and O–H groups in total. The van der Waals surface area contributed by atoms with Crippen LogP contribution in [0, 0.1) is 0 Å². The van der Waals surface area contributed by atoms with Crippen LogP contribution in [0.15, 0.2) is 0 Å². The third-order valence-corrected chi connectivity index (χ3v) is 8.43. The summed E-state index contributed by atoms with van der Waals surface area (Å²) in [6.07, 6.45) is 0. The molecular formula is C11H30N2Si2. The minimum absolute atomic E-state index is 0.674. The third kappa shape index (κ3) is 5.29. The molecule has 0 aliphatic rings. The van der Waals surface area contributed by atoms with Crippen molar-refractivity contribution in [3.8, 4) is 0 Å². The van der Waals surface area contributed by atoms with E-state index in [4.69, 9.17) is 0 Å². The summed E-state index contributed by atoms with van der Waals surface area (Å²) in [5, 5.41) is 0. The van der Waals surface area contributed by atoms with Gasteiger partial charge in [0.25, 0.3) is 0 Å². The lowest BCUT2D eigenvalue weighted by molar-refractivity contribution is 0.326. The molecule has 92 valence electrons. The lowest BCUT2D eigenvalue weighted by atomic mass is 10.3. The average molecular weight is 247 g/mol. The summed E-state index contributed by atoms with van der Waals surface area (Å²) in [7, 11) is 2.33. The highest BCUT2D eigenvalue weighted by atomic mass is 28.3. The van der Waals surface area contributed by atoms with E-state index in [1.54, 1.807) is 0 Å². The first-order valence-corrected chi connectivity index (χ1v) is 12.8. The summed E-state index contributed by atoms with van der Waals surface area (Å²) < 4.78 is 5.18.